The van der Waals surface area contributed by atoms with Gasteiger partial charge in [-0.2, -0.15) is 4.98 Å². The first kappa shape index (κ1) is 20.5. The first-order valence-electron chi connectivity index (χ1n) is 10.1. The predicted octanol–water partition coefficient (Wildman–Crippen LogP) is 4.83. The van der Waals surface area contributed by atoms with E-state index in [1.165, 1.54) is 12.1 Å². The molecular weight excluding hydrogens is 393 g/mol. The van der Waals surface area contributed by atoms with Crippen LogP contribution in [0.3, 0.4) is 0 Å². The van der Waals surface area contributed by atoms with Gasteiger partial charge in [-0.15, -0.1) is 0 Å². The number of aryl methyl sites for hydroxylation is 1. The molecule has 0 unspecified atom stereocenters. The van der Waals surface area contributed by atoms with Crippen LogP contribution in [0.5, 0.6) is 0 Å². The second-order valence-electron chi connectivity index (χ2n) is 7.44. The van der Waals surface area contributed by atoms with Crippen molar-refractivity contribution in [1.29, 1.82) is 0 Å². The largest absolute Gasteiger partial charge is 0.344 e. The van der Waals surface area contributed by atoms with Gasteiger partial charge in [-0.3, -0.25) is 4.79 Å². The minimum absolute atomic E-state index is 0.129. The summed E-state index contributed by atoms with van der Waals surface area (Å²) in [5.74, 6) is 0.279. The van der Waals surface area contributed by atoms with E-state index in [4.69, 9.17) is 4.52 Å². The molecular formula is C25H22FN3O2. The summed E-state index contributed by atoms with van der Waals surface area (Å²) in [7, 11) is 0. The van der Waals surface area contributed by atoms with Crippen molar-refractivity contribution < 1.29 is 13.7 Å². The number of halogens is 1. The Labute approximate surface area is 179 Å². The van der Waals surface area contributed by atoms with E-state index in [9.17, 15) is 9.18 Å². The molecule has 4 rings (SSSR count). The Hall–Kier alpha value is -3.80. The summed E-state index contributed by atoms with van der Waals surface area (Å²) in [6, 6.07) is 23.0. The molecule has 1 atom stereocenters. The Morgan fingerprint density at radius 3 is 2.52 bits per heavy atom. The van der Waals surface area contributed by atoms with Crippen LogP contribution in [0, 0.1) is 12.7 Å². The number of aromatic nitrogens is 2. The summed E-state index contributed by atoms with van der Waals surface area (Å²) < 4.78 is 18.7. The molecule has 0 aliphatic rings. The zero-order chi connectivity index (χ0) is 21.6. The topological polar surface area (TPSA) is 68.0 Å². The van der Waals surface area contributed by atoms with E-state index in [-0.39, 0.29) is 18.1 Å². The maximum atomic E-state index is 13.1. The SMILES string of the molecule is Cc1cccc(-c2noc([C@H](Cc3ccccc3)NC(=O)Cc3ccc(F)cc3)n2)c1. The van der Waals surface area contributed by atoms with Crippen LogP contribution in [0.1, 0.15) is 28.6 Å². The van der Waals surface area contributed by atoms with Gasteiger partial charge in [0.25, 0.3) is 0 Å². The molecule has 0 aliphatic carbocycles. The van der Waals surface area contributed by atoms with Gasteiger partial charge in [0, 0.05) is 12.0 Å². The summed E-state index contributed by atoms with van der Waals surface area (Å²) in [5, 5.41) is 7.10. The molecule has 1 amide bonds. The summed E-state index contributed by atoms with van der Waals surface area (Å²) in [6.45, 7) is 2.00. The van der Waals surface area contributed by atoms with E-state index >= 15 is 0 Å². The van der Waals surface area contributed by atoms with Crippen LogP contribution < -0.4 is 5.32 Å². The van der Waals surface area contributed by atoms with Crippen molar-refractivity contribution in [2.75, 3.05) is 0 Å². The second-order valence-corrected chi connectivity index (χ2v) is 7.44. The quantitative estimate of drug-likeness (QED) is 0.470. The van der Waals surface area contributed by atoms with Crippen molar-refractivity contribution in [3.05, 3.63) is 107 Å². The highest BCUT2D eigenvalue weighted by molar-refractivity contribution is 5.79. The second kappa shape index (κ2) is 9.34. The molecule has 0 spiro atoms. The van der Waals surface area contributed by atoms with Crippen LogP contribution in [0.25, 0.3) is 11.4 Å². The lowest BCUT2D eigenvalue weighted by molar-refractivity contribution is -0.121. The number of carbonyl (C=O) groups is 1. The van der Waals surface area contributed by atoms with Gasteiger partial charge in [0.1, 0.15) is 11.9 Å². The molecule has 31 heavy (non-hydrogen) atoms. The smallest absolute Gasteiger partial charge is 0.249 e. The molecule has 3 aromatic carbocycles. The third-order valence-electron chi connectivity index (χ3n) is 4.91. The van der Waals surface area contributed by atoms with Gasteiger partial charge < -0.3 is 9.84 Å². The summed E-state index contributed by atoms with van der Waals surface area (Å²) >= 11 is 0. The first-order valence-corrected chi connectivity index (χ1v) is 10.1. The highest BCUT2D eigenvalue weighted by Crippen LogP contribution is 2.22. The zero-order valence-corrected chi connectivity index (χ0v) is 17.1. The third-order valence-corrected chi connectivity index (χ3v) is 4.91. The number of amides is 1. The molecule has 1 N–H and O–H groups in total. The summed E-state index contributed by atoms with van der Waals surface area (Å²) in [4.78, 5) is 17.2. The molecule has 1 heterocycles. The van der Waals surface area contributed by atoms with Crippen LogP contribution in [-0.2, 0) is 17.6 Å². The van der Waals surface area contributed by atoms with E-state index < -0.39 is 6.04 Å². The number of nitrogens with one attached hydrogen (secondary N) is 1. The van der Waals surface area contributed by atoms with Crippen molar-refractivity contribution in [1.82, 2.24) is 15.5 Å². The van der Waals surface area contributed by atoms with Crippen LogP contribution in [-0.4, -0.2) is 16.0 Å². The molecule has 0 aliphatic heterocycles. The molecule has 5 nitrogen and oxygen atoms in total. The monoisotopic (exact) mass is 415 g/mol. The average Bonchev–Trinajstić information content (AvgIpc) is 3.26. The lowest BCUT2D eigenvalue weighted by Gasteiger charge is -2.15. The number of hydrogen-bond acceptors (Lipinski definition) is 4. The van der Waals surface area contributed by atoms with Crippen LogP contribution >= 0.6 is 0 Å². The lowest BCUT2D eigenvalue weighted by Crippen LogP contribution is -2.31. The molecule has 156 valence electrons. The fourth-order valence-corrected chi connectivity index (χ4v) is 3.36. The average molecular weight is 415 g/mol. The minimum Gasteiger partial charge on any atom is -0.344 e. The standard InChI is InChI=1S/C25H22FN3O2/c1-17-6-5-9-20(14-17)24-28-25(31-29-24)22(15-18-7-3-2-4-8-18)27-23(30)16-19-10-12-21(26)13-11-19/h2-14,22H,15-16H2,1H3,(H,27,30)/t22-/m0/s1. The lowest BCUT2D eigenvalue weighted by atomic mass is 10.0. The molecule has 0 bridgehead atoms. The first-order chi connectivity index (χ1) is 15.1. The fourth-order valence-electron chi connectivity index (χ4n) is 3.36. The third kappa shape index (κ3) is 5.42. The fraction of sp³-hybridized carbons (Fsp3) is 0.160. The normalized spacial score (nSPS) is 11.8. The number of nitrogens with zero attached hydrogens (tertiary/aromatic N) is 2. The van der Waals surface area contributed by atoms with Gasteiger partial charge in [-0.05, 0) is 36.2 Å². The Kier molecular flexibility index (Phi) is 6.17. The van der Waals surface area contributed by atoms with E-state index in [0.29, 0.717) is 18.1 Å². The maximum Gasteiger partial charge on any atom is 0.249 e. The Bertz CT molecular complexity index is 1160. The van der Waals surface area contributed by atoms with Gasteiger partial charge in [0.15, 0.2) is 0 Å². The van der Waals surface area contributed by atoms with E-state index in [2.05, 4.69) is 15.5 Å². The van der Waals surface area contributed by atoms with Crippen LogP contribution in [0.15, 0.2) is 83.4 Å². The highest BCUT2D eigenvalue weighted by Gasteiger charge is 2.22. The van der Waals surface area contributed by atoms with Gasteiger partial charge in [-0.1, -0.05) is 71.4 Å². The summed E-state index contributed by atoms with van der Waals surface area (Å²) in [5.41, 5.74) is 3.71. The molecule has 0 saturated carbocycles. The van der Waals surface area contributed by atoms with E-state index in [0.717, 1.165) is 22.3 Å². The van der Waals surface area contributed by atoms with Gasteiger partial charge in [0.2, 0.25) is 17.6 Å². The van der Waals surface area contributed by atoms with Crippen molar-refractivity contribution >= 4 is 5.91 Å². The van der Waals surface area contributed by atoms with E-state index in [1.54, 1.807) is 12.1 Å². The van der Waals surface area contributed by atoms with Crippen molar-refractivity contribution in [2.45, 2.75) is 25.8 Å². The molecule has 0 radical (unpaired) electrons. The zero-order valence-electron chi connectivity index (χ0n) is 17.1. The number of carbonyl (C=O) groups excluding carboxylic acids is 1. The Morgan fingerprint density at radius 2 is 1.77 bits per heavy atom. The van der Waals surface area contributed by atoms with Crippen molar-refractivity contribution in [3.8, 4) is 11.4 Å². The number of hydrogen-bond donors (Lipinski definition) is 1. The Morgan fingerprint density at radius 1 is 1.00 bits per heavy atom. The van der Waals surface area contributed by atoms with Gasteiger partial charge >= 0.3 is 0 Å². The molecule has 1 aromatic heterocycles. The van der Waals surface area contributed by atoms with Gasteiger partial charge in [-0.25, -0.2) is 4.39 Å². The summed E-state index contributed by atoms with van der Waals surface area (Å²) in [6.07, 6.45) is 0.635. The highest BCUT2D eigenvalue weighted by atomic mass is 19.1. The molecule has 4 aromatic rings. The molecule has 0 saturated heterocycles. The number of rotatable bonds is 7. The van der Waals surface area contributed by atoms with Crippen LogP contribution in [0.2, 0.25) is 0 Å². The van der Waals surface area contributed by atoms with Gasteiger partial charge in [0.05, 0.1) is 6.42 Å². The minimum atomic E-state index is -0.485. The number of benzene rings is 3. The predicted molar refractivity (Wildman–Crippen MR) is 116 cm³/mol. The molecule has 6 heteroatoms. The Balaban J connectivity index is 1.55. The van der Waals surface area contributed by atoms with Crippen LogP contribution in [0.4, 0.5) is 4.39 Å². The molecule has 0 fully saturated rings. The van der Waals surface area contributed by atoms with Crippen molar-refractivity contribution in [3.63, 3.8) is 0 Å². The van der Waals surface area contributed by atoms with E-state index in [1.807, 2.05) is 61.5 Å². The maximum absolute atomic E-state index is 13.1. The van der Waals surface area contributed by atoms with Crippen molar-refractivity contribution in [2.24, 2.45) is 0 Å².